The molecular formula is C11H13NO2. The molecule has 3 heteroatoms. The third-order valence-electron chi connectivity index (χ3n) is 2.53. The minimum atomic E-state index is -0.0941. The molecule has 0 radical (unpaired) electrons. The maximum absolute atomic E-state index is 10.3. The van der Waals surface area contributed by atoms with Gasteiger partial charge in [-0.2, -0.15) is 0 Å². The SMILES string of the molecule is CC1(C)CCc2cc(N=O)ccc2O1. The molecule has 1 heterocycles. The van der Waals surface area contributed by atoms with E-state index in [1.54, 1.807) is 12.1 Å². The first-order chi connectivity index (χ1) is 6.61. The minimum absolute atomic E-state index is 0.0941. The molecule has 2 rings (SSSR count). The summed E-state index contributed by atoms with van der Waals surface area (Å²) in [6.45, 7) is 4.14. The van der Waals surface area contributed by atoms with Crippen molar-refractivity contribution in [2.75, 3.05) is 0 Å². The Balaban J connectivity index is 2.37. The smallest absolute Gasteiger partial charge is 0.123 e. The van der Waals surface area contributed by atoms with E-state index in [1.807, 2.05) is 6.07 Å². The summed E-state index contributed by atoms with van der Waals surface area (Å²) >= 11 is 0. The molecule has 1 aromatic rings. The van der Waals surface area contributed by atoms with Crippen molar-refractivity contribution in [3.05, 3.63) is 28.7 Å². The standard InChI is InChI=1S/C11H13NO2/c1-11(2)6-5-8-7-9(12-13)3-4-10(8)14-11/h3-4,7H,5-6H2,1-2H3. The quantitative estimate of drug-likeness (QED) is 0.639. The first-order valence-corrected chi connectivity index (χ1v) is 4.76. The zero-order chi connectivity index (χ0) is 10.2. The number of hydrogen-bond acceptors (Lipinski definition) is 3. The Bertz CT molecular complexity index is 372. The van der Waals surface area contributed by atoms with Gasteiger partial charge in [0.2, 0.25) is 0 Å². The average Bonchev–Trinajstić information content (AvgIpc) is 2.16. The molecule has 3 nitrogen and oxygen atoms in total. The van der Waals surface area contributed by atoms with Gasteiger partial charge in [0.05, 0.1) is 0 Å². The monoisotopic (exact) mass is 191 g/mol. The molecule has 0 fully saturated rings. The van der Waals surface area contributed by atoms with Gasteiger partial charge in [-0.15, -0.1) is 4.91 Å². The zero-order valence-corrected chi connectivity index (χ0v) is 8.41. The molecule has 0 aliphatic carbocycles. The first-order valence-electron chi connectivity index (χ1n) is 4.76. The van der Waals surface area contributed by atoms with Gasteiger partial charge in [-0.3, -0.25) is 0 Å². The van der Waals surface area contributed by atoms with Crippen LogP contribution in [0.4, 0.5) is 5.69 Å². The van der Waals surface area contributed by atoms with Crippen molar-refractivity contribution in [2.45, 2.75) is 32.3 Å². The highest BCUT2D eigenvalue weighted by Gasteiger charge is 2.26. The highest BCUT2D eigenvalue weighted by molar-refractivity contribution is 5.48. The van der Waals surface area contributed by atoms with Gasteiger partial charge in [-0.1, -0.05) is 0 Å². The van der Waals surface area contributed by atoms with Gasteiger partial charge < -0.3 is 4.74 Å². The molecule has 0 bridgehead atoms. The number of ether oxygens (including phenoxy) is 1. The molecule has 1 aromatic carbocycles. The van der Waals surface area contributed by atoms with Crippen molar-refractivity contribution in [1.29, 1.82) is 0 Å². The molecule has 74 valence electrons. The van der Waals surface area contributed by atoms with Crippen LogP contribution in [0.2, 0.25) is 0 Å². The molecule has 0 saturated carbocycles. The van der Waals surface area contributed by atoms with Crippen LogP contribution in [0.5, 0.6) is 5.75 Å². The highest BCUT2D eigenvalue weighted by atomic mass is 16.5. The van der Waals surface area contributed by atoms with E-state index in [-0.39, 0.29) is 5.60 Å². The lowest BCUT2D eigenvalue weighted by atomic mass is 9.94. The molecule has 1 aliphatic heterocycles. The molecule has 0 saturated heterocycles. The van der Waals surface area contributed by atoms with Crippen molar-refractivity contribution in [3.8, 4) is 5.75 Å². The zero-order valence-electron chi connectivity index (χ0n) is 8.41. The van der Waals surface area contributed by atoms with E-state index in [0.29, 0.717) is 5.69 Å². The summed E-state index contributed by atoms with van der Waals surface area (Å²) in [5, 5.41) is 2.91. The van der Waals surface area contributed by atoms with Crippen LogP contribution in [0.15, 0.2) is 23.4 Å². The number of aryl methyl sites for hydroxylation is 1. The number of rotatable bonds is 1. The molecule has 14 heavy (non-hydrogen) atoms. The van der Waals surface area contributed by atoms with Gasteiger partial charge in [0, 0.05) is 0 Å². The van der Waals surface area contributed by atoms with Crippen LogP contribution < -0.4 is 4.74 Å². The summed E-state index contributed by atoms with van der Waals surface area (Å²) < 4.78 is 5.78. The summed E-state index contributed by atoms with van der Waals surface area (Å²) in [7, 11) is 0. The third kappa shape index (κ3) is 1.62. The van der Waals surface area contributed by atoms with Crippen LogP contribution in [0.1, 0.15) is 25.8 Å². The molecule has 0 unspecified atom stereocenters. The lowest BCUT2D eigenvalue weighted by Crippen LogP contribution is -2.32. The Labute approximate surface area is 83.1 Å². The fraction of sp³-hybridized carbons (Fsp3) is 0.455. The second-order valence-corrected chi connectivity index (χ2v) is 4.25. The van der Waals surface area contributed by atoms with Gasteiger partial charge in [0.25, 0.3) is 0 Å². The Hall–Kier alpha value is -1.38. The predicted molar refractivity (Wildman–Crippen MR) is 54.9 cm³/mol. The molecule has 0 atom stereocenters. The molecule has 0 amide bonds. The van der Waals surface area contributed by atoms with Gasteiger partial charge >= 0.3 is 0 Å². The summed E-state index contributed by atoms with van der Waals surface area (Å²) in [5.74, 6) is 0.883. The van der Waals surface area contributed by atoms with E-state index < -0.39 is 0 Å². The normalized spacial score (nSPS) is 18.1. The van der Waals surface area contributed by atoms with Gasteiger partial charge in [-0.05, 0) is 55.6 Å². The van der Waals surface area contributed by atoms with Crippen LogP contribution in [0.3, 0.4) is 0 Å². The number of fused-ring (bicyclic) bond motifs is 1. The largest absolute Gasteiger partial charge is 0.488 e. The summed E-state index contributed by atoms with van der Waals surface area (Å²) in [6.07, 6.45) is 1.92. The fourth-order valence-electron chi connectivity index (χ4n) is 1.70. The van der Waals surface area contributed by atoms with Crippen molar-refractivity contribution < 1.29 is 4.74 Å². The molecule has 0 spiro atoms. The van der Waals surface area contributed by atoms with Crippen molar-refractivity contribution in [1.82, 2.24) is 0 Å². The lowest BCUT2D eigenvalue weighted by molar-refractivity contribution is 0.0847. The molecular weight excluding hydrogens is 178 g/mol. The van der Waals surface area contributed by atoms with Gasteiger partial charge in [0.1, 0.15) is 17.0 Å². The topological polar surface area (TPSA) is 38.7 Å². The number of nitroso groups, excluding NO2 is 1. The fourth-order valence-corrected chi connectivity index (χ4v) is 1.70. The van der Waals surface area contributed by atoms with E-state index >= 15 is 0 Å². The Morgan fingerprint density at radius 1 is 1.43 bits per heavy atom. The van der Waals surface area contributed by atoms with Crippen molar-refractivity contribution >= 4 is 5.69 Å². The number of hydrogen-bond donors (Lipinski definition) is 0. The van der Waals surface area contributed by atoms with E-state index in [1.165, 1.54) is 0 Å². The third-order valence-corrected chi connectivity index (χ3v) is 2.53. The minimum Gasteiger partial charge on any atom is -0.488 e. The maximum Gasteiger partial charge on any atom is 0.123 e. The maximum atomic E-state index is 10.3. The summed E-state index contributed by atoms with van der Waals surface area (Å²) in [4.78, 5) is 10.3. The highest BCUT2D eigenvalue weighted by Crippen LogP contribution is 2.34. The molecule has 0 N–H and O–H groups in total. The van der Waals surface area contributed by atoms with E-state index in [4.69, 9.17) is 4.74 Å². The second kappa shape index (κ2) is 3.08. The second-order valence-electron chi connectivity index (χ2n) is 4.25. The van der Waals surface area contributed by atoms with Gasteiger partial charge in [0.15, 0.2) is 0 Å². The van der Waals surface area contributed by atoms with E-state index in [2.05, 4.69) is 19.0 Å². The van der Waals surface area contributed by atoms with Crippen LogP contribution in [0.25, 0.3) is 0 Å². The van der Waals surface area contributed by atoms with Crippen LogP contribution in [-0.4, -0.2) is 5.60 Å². The lowest BCUT2D eigenvalue weighted by Gasteiger charge is -2.32. The first kappa shape index (κ1) is 9.19. The number of nitrogens with zero attached hydrogens (tertiary/aromatic N) is 1. The Morgan fingerprint density at radius 2 is 2.21 bits per heavy atom. The van der Waals surface area contributed by atoms with E-state index in [9.17, 15) is 4.91 Å². The van der Waals surface area contributed by atoms with Crippen LogP contribution in [-0.2, 0) is 6.42 Å². The van der Waals surface area contributed by atoms with Gasteiger partial charge in [-0.25, -0.2) is 0 Å². The Morgan fingerprint density at radius 3 is 2.93 bits per heavy atom. The summed E-state index contributed by atoms with van der Waals surface area (Å²) in [6, 6.07) is 5.32. The van der Waals surface area contributed by atoms with Crippen molar-refractivity contribution in [3.63, 3.8) is 0 Å². The molecule has 0 aromatic heterocycles. The average molecular weight is 191 g/mol. The summed E-state index contributed by atoms with van der Waals surface area (Å²) in [5.41, 5.74) is 1.47. The number of benzene rings is 1. The van der Waals surface area contributed by atoms with Crippen LogP contribution >= 0.6 is 0 Å². The Kier molecular flexibility index (Phi) is 2.02. The van der Waals surface area contributed by atoms with Crippen molar-refractivity contribution in [2.24, 2.45) is 5.18 Å². The van der Waals surface area contributed by atoms with Crippen LogP contribution in [0, 0.1) is 4.91 Å². The predicted octanol–water partition coefficient (Wildman–Crippen LogP) is 3.19. The van der Waals surface area contributed by atoms with E-state index in [0.717, 1.165) is 24.2 Å². The molecule has 1 aliphatic rings.